The Morgan fingerprint density at radius 2 is 2.07 bits per heavy atom. The summed E-state index contributed by atoms with van der Waals surface area (Å²) in [6, 6.07) is 0.621. The Hall–Kier alpha value is -0.120. The second kappa shape index (κ2) is 5.10. The fourth-order valence-corrected chi connectivity index (χ4v) is 1.77. The lowest BCUT2D eigenvalue weighted by Crippen LogP contribution is -2.59. The van der Waals surface area contributed by atoms with E-state index in [9.17, 15) is 0 Å². The summed E-state index contributed by atoms with van der Waals surface area (Å²) < 4.78 is 5.84. The van der Waals surface area contributed by atoms with Crippen molar-refractivity contribution in [1.82, 2.24) is 10.2 Å². The van der Waals surface area contributed by atoms with Gasteiger partial charge in [-0.3, -0.25) is 4.90 Å². The van der Waals surface area contributed by atoms with Crippen LogP contribution in [0.15, 0.2) is 0 Å². The summed E-state index contributed by atoms with van der Waals surface area (Å²) in [5.41, 5.74) is 0.108. The minimum absolute atomic E-state index is 0.108. The molecule has 1 aliphatic heterocycles. The molecule has 0 amide bonds. The summed E-state index contributed by atoms with van der Waals surface area (Å²) in [6.45, 7) is 13.8. The molecule has 0 aromatic rings. The topological polar surface area (TPSA) is 24.5 Å². The van der Waals surface area contributed by atoms with Crippen LogP contribution >= 0.6 is 0 Å². The van der Waals surface area contributed by atoms with E-state index in [1.165, 1.54) is 0 Å². The van der Waals surface area contributed by atoms with Crippen LogP contribution in [0.5, 0.6) is 0 Å². The van der Waals surface area contributed by atoms with E-state index >= 15 is 0 Å². The number of nitrogens with one attached hydrogen (secondary N) is 1. The molecular weight excluding hydrogens is 176 g/mol. The summed E-state index contributed by atoms with van der Waals surface area (Å²) in [5, 5.41) is 3.24. The predicted molar refractivity (Wildman–Crippen MR) is 59.6 cm³/mol. The highest BCUT2D eigenvalue weighted by Gasteiger charge is 2.32. The van der Waals surface area contributed by atoms with Crippen LogP contribution in [0.4, 0.5) is 0 Å². The van der Waals surface area contributed by atoms with Gasteiger partial charge in [0.2, 0.25) is 0 Å². The second-order valence-corrected chi connectivity index (χ2v) is 4.62. The van der Waals surface area contributed by atoms with Gasteiger partial charge in [-0.2, -0.15) is 0 Å². The third-order valence-corrected chi connectivity index (χ3v) is 2.96. The molecule has 0 radical (unpaired) electrons. The number of rotatable bonds is 6. The van der Waals surface area contributed by atoms with Crippen LogP contribution in [0.2, 0.25) is 0 Å². The molecule has 1 saturated heterocycles. The Labute approximate surface area is 87.8 Å². The molecule has 0 aromatic carbocycles. The van der Waals surface area contributed by atoms with Crippen molar-refractivity contribution >= 4 is 0 Å². The molecular formula is C11H24N2O. The Balaban J connectivity index is 2.13. The number of hydrogen-bond donors (Lipinski definition) is 1. The molecule has 1 rings (SSSR count). The minimum Gasteiger partial charge on any atom is -0.371 e. The van der Waals surface area contributed by atoms with E-state index in [-0.39, 0.29) is 5.60 Å². The zero-order chi connectivity index (χ0) is 10.6. The van der Waals surface area contributed by atoms with E-state index in [1.807, 2.05) is 0 Å². The van der Waals surface area contributed by atoms with Crippen LogP contribution in [0.3, 0.4) is 0 Å². The van der Waals surface area contributed by atoms with Gasteiger partial charge in [-0.1, -0.05) is 6.92 Å². The SMILES string of the molecule is CCN(CCOC1(C)CNC1)C(C)C. The zero-order valence-corrected chi connectivity index (χ0v) is 9.97. The lowest BCUT2D eigenvalue weighted by molar-refractivity contribution is -0.0734. The van der Waals surface area contributed by atoms with Gasteiger partial charge in [0, 0.05) is 25.7 Å². The average Bonchev–Trinajstić information content (AvgIpc) is 2.09. The summed E-state index contributed by atoms with van der Waals surface area (Å²) >= 11 is 0. The zero-order valence-electron chi connectivity index (χ0n) is 9.97. The van der Waals surface area contributed by atoms with E-state index in [0.29, 0.717) is 6.04 Å². The molecule has 1 aliphatic rings. The summed E-state index contributed by atoms with van der Waals surface area (Å²) in [6.07, 6.45) is 0. The summed E-state index contributed by atoms with van der Waals surface area (Å²) in [7, 11) is 0. The van der Waals surface area contributed by atoms with Crippen LogP contribution in [0.1, 0.15) is 27.7 Å². The van der Waals surface area contributed by atoms with Crippen LogP contribution in [-0.2, 0) is 4.74 Å². The molecule has 1 fully saturated rings. The molecule has 14 heavy (non-hydrogen) atoms. The Morgan fingerprint density at radius 1 is 1.43 bits per heavy atom. The van der Waals surface area contributed by atoms with Crippen LogP contribution in [0, 0.1) is 0 Å². The van der Waals surface area contributed by atoms with Gasteiger partial charge in [-0.05, 0) is 27.3 Å². The van der Waals surface area contributed by atoms with Crippen molar-refractivity contribution in [3.05, 3.63) is 0 Å². The maximum atomic E-state index is 5.84. The molecule has 3 nitrogen and oxygen atoms in total. The van der Waals surface area contributed by atoms with Gasteiger partial charge in [-0.25, -0.2) is 0 Å². The highest BCUT2D eigenvalue weighted by atomic mass is 16.5. The molecule has 0 bridgehead atoms. The molecule has 3 heteroatoms. The molecule has 0 spiro atoms. The van der Waals surface area contributed by atoms with Gasteiger partial charge < -0.3 is 10.1 Å². The first kappa shape index (κ1) is 12.0. The van der Waals surface area contributed by atoms with E-state index in [4.69, 9.17) is 4.74 Å². The lowest BCUT2D eigenvalue weighted by atomic mass is 10.0. The van der Waals surface area contributed by atoms with Gasteiger partial charge in [0.15, 0.2) is 0 Å². The quantitative estimate of drug-likeness (QED) is 0.695. The fourth-order valence-electron chi connectivity index (χ4n) is 1.77. The van der Waals surface area contributed by atoms with E-state index in [0.717, 1.165) is 32.8 Å². The van der Waals surface area contributed by atoms with Crippen LogP contribution in [0.25, 0.3) is 0 Å². The van der Waals surface area contributed by atoms with E-state index in [1.54, 1.807) is 0 Å². The number of likely N-dealkylation sites (N-methyl/N-ethyl adjacent to an activating group) is 1. The van der Waals surface area contributed by atoms with E-state index < -0.39 is 0 Å². The highest BCUT2D eigenvalue weighted by Crippen LogP contribution is 2.14. The number of ether oxygens (including phenoxy) is 1. The van der Waals surface area contributed by atoms with Crippen LogP contribution in [-0.4, -0.2) is 49.3 Å². The van der Waals surface area contributed by atoms with Crippen molar-refractivity contribution in [2.45, 2.75) is 39.3 Å². The molecule has 0 aromatic heterocycles. The first-order chi connectivity index (χ1) is 6.57. The van der Waals surface area contributed by atoms with Gasteiger partial charge >= 0.3 is 0 Å². The molecule has 0 atom stereocenters. The van der Waals surface area contributed by atoms with Gasteiger partial charge in [0.05, 0.1) is 12.2 Å². The van der Waals surface area contributed by atoms with Gasteiger partial charge in [0.1, 0.15) is 0 Å². The van der Waals surface area contributed by atoms with Gasteiger partial charge in [-0.15, -0.1) is 0 Å². The molecule has 0 unspecified atom stereocenters. The predicted octanol–water partition coefficient (Wildman–Crippen LogP) is 1.10. The number of nitrogens with zero attached hydrogens (tertiary/aromatic N) is 1. The smallest absolute Gasteiger partial charge is 0.0902 e. The van der Waals surface area contributed by atoms with Gasteiger partial charge in [0.25, 0.3) is 0 Å². The normalized spacial score (nSPS) is 20.1. The second-order valence-electron chi connectivity index (χ2n) is 4.62. The van der Waals surface area contributed by atoms with E-state index in [2.05, 4.69) is 37.9 Å². The number of hydrogen-bond acceptors (Lipinski definition) is 3. The maximum Gasteiger partial charge on any atom is 0.0902 e. The molecule has 1 heterocycles. The molecule has 84 valence electrons. The summed E-state index contributed by atoms with van der Waals surface area (Å²) in [4.78, 5) is 2.43. The van der Waals surface area contributed by atoms with Crippen molar-refractivity contribution in [1.29, 1.82) is 0 Å². The molecule has 0 aliphatic carbocycles. The Kier molecular flexibility index (Phi) is 4.35. The first-order valence-electron chi connectivity index (χ1n) is 5.66. The van der Waals surface area contributed by atoms with Crippen molar-refractivity contribution < 1.29 is 4.74 Å². The third kappa shape index (κ3) is 3.23. The third-order valence-electron chi connectivity index (χ3n) is 2.96. The molecule has 1 N–H and O–H groups in total. The first-order valence-corrected chi connectivity index (χ1v) is 5.66. The monoisotopic (exact) mass is 200 g/mol. The largest absolute Gasteiger partial charge is 0.371 e. The lowest BCUT2D eigenvalue weighted by Gasteiger charge is -2.39. The molecule has 0 saturated carbocycles. The van der Waals surface area contributed by atoms with Crippen molar-refractivity contribution in [2.24, 2.45) is 0 Å². The standard InChI is InChI=1S/C11H24N2O/c1-5-13(10(2)3)6-7-14-11(4)8-12-9-11/h10,12H,5-9H2,1-4H3. The maximum absolute atomic E-state index is 5.84. The van der Waals surface area contributed by atoms with Crippen molar-refractivity contribution in [2.75, 3.05) is 32.8 Å². The Morgan fingerprint density at radius 3 is 2.43 bits per heavy atom. The minimum atomic E-state index is 0.108. The van der Waals surface area contributed by atoms with Crippen LogP contribution < -0.4 is 5.32 Å². The summed E-state index contributed by atoms with van der Waals surface area (Å²) in [5.74, 6) is 0. The Bertz CT molecular complexity index is 167. The fraction of sp³-hybridized carbons (Fsp3) is 1.00. The average molecular weight is 200 g/mol. The van der Waals surface area contributed by atoms with Crippen molar-refractivity contribution in [3.8, 4) is 0 Å². The van der Waals surface area contributed by atoms with Crippen molar-refractivity contribution in [3.63, 3.8) is 0 Å². The highest BCUT2D eigenvalue weighted by molar-refractivity contribution is 4.90.